The Balaban J connectivity index is 1.47. The molecule has 1 aliphatic rings. The minimum absolute atomic E-state index is 0.207. The molecule has 0 nitrogen and oxygen atoms in total. The first kappa shape index (κ1) is 17.8. The molecule has 0 spiro atoms. The Kier molecular flexibility index (Phi) is 4.02. The van der Waals surface area contributed by atoms with Crippen LogP contribution >= 0.6 is 11.8 Å². The van der Waals surface area contributed by atoms with Crippen LogP contribution in [0.1, 0.15) is 11.0 Å². The number of hydrogen-bond donors (Lipinski definition) is 0. The van der Waals surface area contributed by atoms with Gasteiger partial charge in [0.15, 0.2) is 0 Å². The van der Waals surface area contributed by atoms with Crippen molar-refractivity contribution in [3.05, 3.63) is 158 Å². The van der Waals surface area contributed by atoms with Gasteiger partial charge < -0.3 is 0 Å². The lowest BCUT2D eigenvalue weighted by Crippen LogP contribution is -1.95. The van der Waals surface area contributed by atoms with Crippen molar-refractivity contribution >= 4 is 44.1 Å². The van der Waals surface area contributed by atoms with Crippen LogP contribution in [-0.4, -0.2) is 0 Å². The van der Waals surface area contributed by atoms with E-state index in [0.29, 0.717) is 22.3 Å². The van der Waals surface area contributed by atoms with E-state index in [1.165, 1.54) is 0 Å². The van der Waals surface area contributed by atoms with Crippen LogP contribution in [0.5, 0.6) is 0 Å². The minimum Gasteiger partial charge on any atom is -0.0888 e. The molecule has 0 amide bonds. The minimum atomic E-state index is -0.413. The highest BCUT2D eigenvalue weighted by Crippen LogP contribution is 2.50. The standard InChI is InChI=1S/C42H26S/c1-2-11-27(12-3-1)29-15-8-16-30(25-29)40-32-17-4-6-19-34(32)41(35-20-7-5-18-33(35)40)31-23-24-38-37(26-31)36-21-9-13-28-14-10-22-39(43-38)42(28)36/h1-26H/i4D,5D,6D,7D,17D,18D,19D,20D. The van der Waals surface area contributed by atoms with Crippen LogP contribution in [0.2, 0.25) is 0 Å². The average molecular weight is 571 g/mol. The lowest BCUT2D eigenvalue weighted by molar-refractivity contribution is 1.40. The van der Waals surface area contributed by atoms with Gasteiger partial charge in [0.1, 0.15) is 0 Å². The first-order chi connectivity index (χ1) is 24.7. The molecular weight excluding hydrogens is 537 g/mol. The molecule has 1 aliphatic heterocycles. The monoisotopic (exact) mass is 570 g/mol. The predicted molar refractivity (Wildman–Crippen MR) is 185 cm³/mol. The van der Waals surface area contributed by atoms with E-state index in [2.05, 4.69) is 24.3 Å². The van der Waals surface area contributed by atoms with Gasteiger partial charge in [-0.1, -0.05) is 145 Å². The molecule has 0 aliphatic carbocycles. The van der Waals surface area contributed by atoms with E-state index in [4.69, 9.17) is 5.48 Å². The summed E-state index contributed by atoms with van der Waals surface area (Å²) in [4.78, 5) is 2.17. The summed E-state index contributed by atoms with van der Waals surface area (Å²) in [6.07, 6.45) is 0. The van der Waals surface area contributed by atoms with Crippen molar-refractivity contribution in [2.24, 2.45) is 0 Å². The van der Waals surface area contributed by atoms with Crippen LogP contribution in [0.25, 0.3) is 76.8 Å². The third-order valence-electron chi connectivity index (χ3n) is 8.28. The fourth-order valence-corrected chi connectivity index (χ4v) is 7.54. The van der Waals surface area contributed by atoms with Crippen LogP contribution < -0.4 is 0 Å². The van der Waals surface area contributed by atoms with Crippen molar-refractivity contribution in [1.82, 2.24) is 0 Å². The molecule has 8 aromatic rings. The third kappa shape index (κ3) is 3.86. The van der Waals surface area contributed by atoms with Gasteiger partial charge in [-0.15, -0.1) is 0 Å². The van der Waals surface area contributed by atoms with Crippen molar-refractivity contribution in [3.63, 3.8) is 0 Å². The molecule has 0 N–H and O–H groups in total. The summed E-state index contributed by atoms with van der Waals surface area (Å²) in [7, 11) is 0. The van der Waals surface area contributed by atoms with Crippen molar-refractivity contribution in [2.45, 2.75) is 9.79 Å². The van der Waals surface area contributed by atoms with E-state index >= 15 is 0 Å². The number of rotatable bonds is 3. The Morgan fingerprint density at radius 3 is 1.70 bits per heavy atom. The lowest BCUT2D eigenvalue weighted by Gasteiger charge is -2.22. The summed E-state index contributed by atoms with van der Waals surface area (Å²) in [5.74, 6) is 0. The molecule has 1 heterocycles. The first-order valence-electron chi connectivity index (χ1n) is 18.1. The predicted octanol–water partition coefficient (Wildman–Crippen LogP) is 12.3. The van der Waals surface area contributed by atoms with Crippen molar-refractivity contribution in [1.29, 1.82) is 0 Å². The van der Waals surface area contributed by atoms with Crippen LogP contribution in [0, 0.1) is 0 Å². The molecule has 0 aromatic heterocycles. The maximum atomic E-state index is 9.34. The van der Waals surface area contributed by atoms with E-state index in [0.717, 1.165) is 42.8 Å². The summed E-state index contributed by atoms with van der Waals surface area (Å²) in [6, 6.07) is 32.9. The summed E-state index contributed by atoms with van der Waals surface area (Å²) < 4.78 is 72.4. The number of fused-ring (bicyclic) bond motifs is 4. The highest BCUT2D eigenvalue weighted by Gasteiger charge is 2.22. The molecule has 1 heteroatoms. The molecule has 200 valence electrons. The first-order valence-corrected chi connectivity index (χ1v) is 14.9. The van der Waals surface area contributed by atoms with Gasteiger partial charge in [0.05, 0.1) is 11.0 Å². The molecular formula is C42H26S. The second-order valence-electron chi connectivity index (χ2n) is 10.7. The fourth-order valence-electron chi connectivity index (χ4n) is 6.41. The molecule has 0 saturated heterocycles. The third-order valence-corrected chi connectivity index (χ3v) is 9.41. The largest absolute Gasteiger partial charge is 0.0888 e. The van der Waals surface area contributed by atoms with Crippen molar-refractivity contribution in [3.8, 4) is 44.5 Å². The second-order valence-corrected chi connectivity index (χ2v) is 11.8. The second kappa shape index (κ2) is 9.73. The van der Waals surface area contributed by atoms with Gasteiger partial charge in [-0.3, -0.25) is 0 Å². The van der Waals surface area contributed by atoms with E-state index in [1.54, 1.807) is 11.8 Å². The smallest absolute Gasteiger partial charge is 0.0629 e. The van der Waals surface area contributed by atoms with Crippen LogP contribution in [0.4, 0.5) is 0 Å². The Hall–Kier alpha value is -5.11. The van der Waals surface area contributed by atoms with E-state index in [1.807, 2.05) is 84.9 Å². The van der Waals surface area contributed by atoms with Crippen molar-refractivity contribution < 1.29 is 11.0 Å². The topological polar surface area (TPSA) is 0 Å². The summed E-state index contributed by atoms with van der Waals surface area (Å²) in [5, 5.41) is 3.06. The quantitative estimate of drug-likeness (QED) is 0.190. The van der Waals surface area contributed by atoms with E-state index in [9.17, 15) is 5.48 Å². The van der Waals surface area contributed by atoms with E-state index in [-0.39, 0.29) is 45.7 Å². The molecule has 0 unspecified atom stereocenters. The van der Waals surface area contributed by atoms with Crippen LogP contribution in [0.3, 0.4) is 0 Å². The zero-order chi connectivity index (χ0) is 35.3. The van der Waals surface area contributed by atoms with Gasteiger partial charge in [0, 0.05) is 15.2 Å². The highest BCUT2D eigenvalue weighted by atomic mass is 32.2. The molecule has 0 fully saturated rings. The van der Waals surface area contributed by atoms with Crippen LogP contribution in [0.15, 0.2) is 167 Å². The zero-order valence-electron chi connectivity index (χ0n) is 30.8. The molecule has 8 aromatic carbocycles. The van der Waals surface area contributed by atoms with Gasteiger partial charge in [-0.25, -0.2) is 0 Å². The molecule has 0 radical (unpaired) electrons. The maximum Gasteiger partial charge on any atom is 0.0629 e. The van der Waals surface area contributed by atoms with Gasteiger partial charge in [0.25, 0.3) is 0 Å². The van der Waals surface area contributed by atoms with Gasteiger partial charge in [-0.05, 0) is 95.7 Å². The summed E-state index contributed by atoms with van der Waals surface area (Å²) >= 11 is 1.66. The van der Waals surface area contributed by atoms with Crippen molar-refractivity contribution in [2.75, 3.05) is 0 Å². The lowest BCUT2D eigenvalue weighted by atomic mass is 9.84. The molecule has 0 bridgehead atoms. The average Bonchev–Trinajstić information content (AvgIpc) is 3.17. The Labute approximate surface area is 266 Å². The van der Waals surface area contributed by atoms with Gasteiger partial charge in [0.2, 0.25) is 0 Å². The molecule has 43 heavy (non-hydrogen) atoms. The summed E-state index contributed by atoms with van der Waals surface area (Å²) in [5.41, 5.74) is 5.65. The Morgan fingerprint density at radius 2 is 1.00 bits per heavy atom. The van der Waals surface area contributed by atoms with Gasteiger partial charge in [-0.2, -0.15) is 0 Å². The number of benzene rings is 8. The van der Waals surface area contributed by atoms with Gasteiger partial charge >= 0.3 is 0 Å². The summed E-state index contributed by atoms with van der Waals surface area (Å²) in [6.45, 7) is 0. The number of hydrogen-bond acceptors (Lipinski definition) is 1. The fraction of sp³-hybridized carbons (Fsp3) is 0. The Morgan fingerprint density at radius 1 is 0.419 bits per heavy atom. The molecule has 9 rings (SSSR count). The van der Waals surface area contributed by atoms with Crippen LogP contribution in [-0.2, 0) is 0 Å². The SMILES string of the molecule is [2H]c1c([2H])c([2H])c2c(-c3ccc4c(c3)-c3cccc5cccc(c35)S4)c3c([2H])c([2H])c([2H])c([2H])c3c(-c3cccc(-c4ccccc4)c3)c2c1[2H]. The zero-order valence-corrected chi connectivity index (χ0v) is 23.6. The molecule has 0 saturated carbocycles. The maximum absolute atomic E-state index is 9.34. The normalized spacial score (nSPS) is 14.7. The highest BCUT2D eigenvalue weighted by molar-refractivity contribution is 7.99. The van der Waals surface area contributed by atoms with E-state index < -0.39 is 24.2 Å². The Bertz CT molecular complexity index is 2730. The molecule has 0 atom stereocenters.